The van der Waals surface area contributed by atoms with Gasteiger partial charge in [-0.05, 0) is 24.3 Å². The number of nitrogens with zero attached hydrogens (tertiary/aromatic N) is 4. The molecule has 0 radical (unpaired) electrons. The Morgan fingerprint density at radius 3 is 2.89 bits per heavy atom. The van der Waals surface area contributed by atoms with Crippen LogP contribution in [0.25, 0.3) is 11.0 Å². The van der Waals surface area contributed by atoms with Gasteiger partial charge in [0, 0.05) is 19.7 Å². The first-order valence-electron chi connectivity index (χ1n) is 8.52. The first-order valence-corrected chi connectivity index (χ1v) is 10.7. The zero-order valence-electron chi connectivity index (χ0n) is 14.8. The van der Waals surface area contributed by atoms with E-state index in [-0.39, 0.29) is 23.8 Å². The highest BCUT2D eigenvalue weighted by Gasteiger charge is 2.45. The molecule has 28 heavy (non-hydrogen) atoms. The van der Waals surface area contributed by atoms with Crippen molar-refractivity contribution in [3.8, 4) is 5.75 Å². The number of nitrogens with one attached hydrogen (secondary N) is 1. The van der Waals surface area contributed by atoms with Crippen LogP contribution < -0.4 is 10.1 Å². The minimum Gasteiger partial charge on any atom is -0.487 e. The maximum atomic E-state index is 13.4. The number of hydrogen-bond acceptors (Lipinski definition) is 8. The molecule has 0 aliphatic carbocycles. The monoisotopic (exact) mass is 419 g/mol. The molecule has 0 saturated carbocycles. The zero-order chi connectivity index (χ0) is 19.7. The lowest BCUT2D eigenvalue weighted by molar-refractivity contribution is -0.123. The van der Waals surface area contributed by atoms with Crippen LogP contribution in [0.3, 0.4) is 0 Å². The van der Waals surface area contributed by atoms with Gasteiger partial charge in [0.1, 0.15) is 33.8 Å². The predicted molar refractivity (Wildman–Crippen MR) is 102 cm³/mol. The number of likely N-dealkylation sites (N-methyl/N-ethyl adjacent to an activating group) is 1. The van der Waals surface area contributed by atoms with Gasteiger partial charge >= 0.3 is 0 Å². The molecule has 0 spiro atoms. The quantitative estimate of drug-likeness (QED) is 0.657. The molecule has 146 valence electrons. The Bertz CT molecular complexity index is 1100. The van der Waals surface area contributed by atoms with E-state index in [1.807, 2.05) is 0 Å². The third kappa shape index (κ3) is 3.32. The highest BCUT2D eigenvalue weighted by molar-refractivity contribution is 7.89. The lowest BCUT2D eigenvalue weighted by Gasteiger charge is -2.22. The fraction of sp³-hybridized carbons (Fsp3) is 0.294. The van der Waals surface area contributed by atoms with Gasteiger partial charge in [0.2, 0.25) is 15.9 Å². The molecule has 1 aliphatic rings. The summed E-state index contributed by atoms with van der Waals surface area (Å²) < 4.78 is 42.0. The Morgan fingerprint density at radius 2 is 2.14 bits per heavy atom. The fourth-order valence-corrected chi connectivity index (χ4v) is 5.63. The van der Waals surface area contributed by atoms with Gasteiger partial charge in [-0.15, -0.1) is 0 Å². The summed E-state index contributed by atoms with van der Waals surface area (Å²) in [6, 6.07) is 7.39. The molecule has 4 rings (SSSR count). The van der Waals surface area contributed by atoms with Crippen LogP contribution in [-0.2, 0) is 14.8 Å². The van der Waals surface area contributed by atoms with Crippen LogP contribution >= 0.6 is 11.7 Å². The van der Waals surface area contributed by atoms with E-state index in [1.54, 1.807) is 36.7 Å². The number of carbonyl (C=O) groups excluding carboxylic acids is 1. The first kappa shape index (κ1) is 18.7. The van der Waals surface area contributed by atoms with Crippen LogP contribution in [0.15, 0.2) is 47.6 Å². The fourth-order valence-electron chi connectivity index (χ4n) is 3.25. The van der Waals surface area contributed by atoms with Crippen LogP contribution in [0.2, 0.25) is 0 Å². The Morgan fingerprint density at radius 1 is 1.29 bits per heavy atom. The molecule has 1 fully saturated rings. The molecule has 0 bridgehead atoms. The second kappa shape index (κ2) is 7.41. The Labute approximate surface area is 165 Å². The van der Waals surface area contributed by atoms with E-state index in [9.17, 15) is 13.2 Å². The van der Waals surface area contributed by atoms with Gasteiger partial charge in [-0.3, -0.25) is 9.78 Å². The number of carbonyl (C=O) groups is 1. The van der Waals surface area contributed by atoms with Crippen LogP contribution in [0.1, 0.15) is 6.42 Å². The van der Waals surface area contributed by atoms with E-state index in [2.05, 4.69) is 19.0 Å². The lowest BCUT2D eigenvalue weighted by Crippen LogP contribution is -2.44. The number of pyridine rings is 1. The first-order chi connectivity index (χ1) is 13.5. The number of rotatable bonds is 5. The van der Waals surface area contributed by atoms with Crippen LogP contribution in [0.4, 0.5) is 0 Å². The molecule has 2 aromatic heterocycles. The molecular formula is C17H17N5O4S2. The highest BCUT2D eigenvalue weighted by Crippen LogP contribution is 2.31. The van der Waals surface area contributed by atoms with Crippen molar-refractivity contribution in [3.63, 3.8) is 0 Å². The van der Waals surface area contributed by atoms with Gasteiger partial charge in [0.05, 0.1) is 24.5 Å². The molecular weight excluding hydrogens is 402 g/mol. The van der Waals surface area contributed by atoms with Crippen molar-refractivity contribution in [2.45, 2.75) is 23.5 Å². The summed E-state index contributed by atoms with van der Waals surface area (Å²) >= 11 is 0.946. The number of aromatic nitrogens is 3. The molecule has 1 saturated heterocycles. The SMILES string of the molecule is CNC(=O)C1CC(Oc2cccnc2)CN1S(=O)(=O)c1cccc2nsnc12. The summed E-state index contributed by atoms with van der Waals surface area (Å²) in [6.07, 6.45) is 2.93. The third-order valence-electron chi connectivity index (χ3n) is 4.54. The van der Waals surface area contributed by atoms with Crippen LogP contribution in [-0.4, -0.2) is 58.1 Å². The molecule has 3 heterocycles. The molecule has 9 nitrogen and oxygen atoms in total. The lowest BCUT2D eigenvalue weighted by atomic mass is 10.2. The molecule has 11 heteroatoms. The summed E-state index contributed by atoms with van der Waals surface area (Å²) in [6.45, 7) is 0.0449. The number of benzene rings is 1. The summed E-state index contributed by atoms with van der Waals surface area (Å²) in [5, 5.41) is 2.54. The van der Waals surface area contributed by atoms with Gasteiger partial charge in [0.25, 0.3) is 0 Å². The van der Waals surface area contributed by atoms with Crippen molar-refractivity contribution in [3.05, 3.63) is 42.7 Å². The molecule has 1 N–H and O–H groups in total. The highest BCUT2D eigenvalue weighted by atomic mass is 32.2. The normalized spacial score (nSPS) is 20.3. The van der Waals surface area contributed by atoms with Crippen molar-refractivity contribution >= 4 is 38.7 Å². The molecule has 2 unspecified atom stereocenters. The van der Waals surface area contributed by atoms with Crippen molar-refractivity contribution in [1.82, 2.24) is 23.4 Å². The van der Waals surface area contributed by atoms with Crippen molar-refractivity contribution in [1.29, 1.82) is 0 Å². The van der Waals surface area contributed by atoms with Crippen molar-refractivity contribution in [2.75, 3.05) is 13.6 Å². The molecule has 1 aromatic carbocycles. The largest absolute Gasteiger partial charge is 0.487 e. The zero-order valence-corrected chi connectivity index (χ0v) is 16.5. The van der Waals surface area contributed by atoms with Gasteiger partial charge in [0.15, 0.2) is 0 Å². The van der Waals surface area contributed by atoms with Gasteiger partial charge in [-0.2, -0.15) is 13.1 Å². The number of amides is 1. The Kier molecular flexibility index (Phi) is 4.96. The second-order valence-electron chi connectivity index (χ2n) is 6.26. The van der Waals surface area contributed by atoms with Gasteiger partial charge < -0.3 is 10.1 Å². The topological polar surface area (TPSA) is 114 Å². The van der Waals surface area contributed by atoms with E-state index < -0.39 is 22.2 Å². The number of fused-ring (bicyclic) bond motifs is 1. The smallest absolute Gasteiger partial charge is 0.246 e. The van der Waals surface area contributed by atoms with Crippen LogP contribution in [0, 0.1) is 0 Å². The van der Waals surface area contributed by atoms with Crippen molar-refractivity contribution in [2.24, 2.45) is 0 Å². The molecule has 1 amide bonds. The minimum atomic E-state index is -3.98. The predicted octanol–water partition coefficient (Wildman–Crippen LogP) is 1.04. The van der Waals surface area contributed by atoms with E-state index in [0.717, 1.165) is 11.7 Å². The van der Waals surface area contributed by atoms with E-state index in [0.29, 0.717) is 16.8 Å². The minimum absolute atomic E-state index is 0.0367. The standard InChI is InChI=1S/C17H17N5O4S2/c1-18-17(23)14-8-12(26-11-4-3-7-19-9-11)10-22(14)28(24,25)15-6-2-5-13-16(15)21-27-20-13/h2-7,9,12,14H,8,10H2,1H3,(H,18,23). The van der Waals surface area contributed by atoms with Gasteiger partial charge in [-0.25, -0.2) is 8.42 Å². The number of hydrogen-bond donors (Lipinski definition) is 1. The maximum absolute atomic E-state index is 13.4. The van der Waals surface area contributed by atoms with Crippen molar-refractivity contribution < 1.29 is 17.9 Å². The maximum Gasteiger partial charge on any atom is 0.246 e. The van der Waals surface area contributed by atoms with Crippen LogP contribution in [0.5, 0.6) is 5.75 Å². The molecule has 1 aliphatic heterocycles. The summed E-state index contributed by atoms with van der Waals surface area (Å²) in [4.78, 5) is 16.4. The number of ether oxygens (including phenoxy) is 1. The second-order valence-corrected chi connectivity index (χ2v) is 8.64. The van der Waals surface area contributed by atoms with E-state index >= 15 is 0 Å². The Balaban J connectivity index is 1.69. The molecule has 3 aromatic rings. The summed E-state index contributed by atoms with van der Waals surface area (Å²) in [5.41, 5.74) is 0.810. The average molecular weight is 419 g/mol. The Hall–Kier alpha value is -2.63. The summed E-state index contributed by atoms with van der Waals surface area (Å²) in [7, 11) is -2.50. The van der Waals surface area contributed by atoms with E-state index in [4.69, 9.17) is 4.74 Å². The van der Waals surface area contributed by atoms with E-state index in [1.165, 1.54) is 17.4 Å². The third-order valence-corrected chi connectivity index (χ3v) is 6.99. The average Bonchev–Trinajstić information content (AvgIpc) is 3.35. The number of sulfonamides is 1. The molecule has 2 atom stereocenters. The van der Waals surface area contributed by atoms with Gasteiger partial charge in [-0.1, -0.05) is 6.07 Å². The summed E-state index contributed by atoms with van der Waals surface area (Å²) in [5.74, 6) is 0.137.